The van der Waals surface area contributed by atoms with E-state index in [9.17, 15) is 0 Å². The molecule has 0 bridgehead atoms. The van der Waals surface area contributed by atoms with Crippen LogP contribution >= 0.6 is 0 Å². The summed E-state index contributed by atoms with van der Waals surface area (Å²) in [5, 5.41) is 12.6. The summed E-state index contributed by atoms with van der Waals surface area (Å²) in [6.07, 6.45) is 7.00. The third-order valence-corrected chi connectivity index (χ3v) is 4.06. The minimum absolute atomic E-state index is 0.104. The molecule has 0 aliphatic carbocycles. The second-order valence-corrected chi connectivity index (χ2v) is 6.99. The van der Waals surface area contributed by atoms with Gasteiger partial charge < -0.3 is 4.42 Å². The summed E-state index contributed by atoms with van der Waals surface area (Å²) in [6.45, 7) is 8.88. The average Bonchev–Trinajstić information content (AvgIpc) is 3.11. The summed E-state index contributed by atoms with van der Waals surface area (Å²) in [5.74, 6) is 1.41. The van der Waals surface area contributed by atoms with Gasteiger partial charge in [0.25, 0.3) is 0 Å². The van der Waals surface area contributed by atoms with Gasteiger partial charge in [-0.1, -0.05) is 27.2 Å². The lowest BCUT2D eigenvalue weighted by atomic mass is 9.97. The first-order valence-corrected chi connectivity index (χ1v) is 7.92. The molecule has 1 atom stereocenters. The van der Waals surface area contributed by atoms with E-state index in [2.05, 4.69) is 46.0 Å². The maximum absolute atomic E-state index is 5.84. The van der Waals surface area contributed by atoms with Crippen LogP contribution in [0.2, 0.25) is 0 Å². The van der Waals surface area contributed by atoms with Crippen LogP contribution in [0.25, 0.3) is 0 Å². The van der Waals surface area contributed by atoms with Gasteiger partial charge in [-0.15, -0.1) is 10.2 Å². The summed E-state index contributed by atoms with van der Waals surface area (Å²) < 4.78 is 7.74. The van der Waals surface area contributed by atoms with Crippen molar-refractivity contribution in [1.82, 2.24) is 29.9 Å². The fourth-order valence-corrected chi connectivity index (χ4v) is 2.81. The Kier molecular flexibility index (Phi) is 4.24. The van der Waals surface area contributed by atoms with E-state index < -0.39 is 0 Å². The lowest BCUT2D eigenvalue weighted by molar-refractivity contribution is 0.110. The van der Waals surface area contributed by atoms with E-state index in [-0.39, 0.29) is 5.41 Å². The predicted molar refractivity (Wildman–Crippen MR) is 81.1 cm³/mol. The van der Waals surface area contributed by atoms with E-state index in [4.69, 9.17) is 4.42 Å². The molecule has 1 fully saturated rings. The molecule has 3 heterocycles. The summed E-state index contributed by atoms with van der Waals surface area (Å²) in [5.41, 5.74) is -0.104. The molecule has 0 unspecified atom stereocenters. The number of likely N-dealkylation sites (tertiary alicyclic amines) is 1. The Morgan fingerprint density at radius 1 is 1.27 bits per heavy atom. The lowest BCUT2D eigenvalue weighted by Crippen LogP contribution is -2.41. The molecule has 0 radical (unpaired) electrons. The second kappa shape index (κ2) is 6.16. The SMILES string of the molecule is CC(C)(C)c1nnc(CN2CCCC[C@H]2Cn2cncn2)o1. The van der Waals surface area contributed by atoms with Crippen LogP contribution in [0.5, 0.6) is 0 Å². The molecular formula is C15H24N6O. The second-order valence-electron chi connectivity index (χ2n) is 6.99. The summed E-state index contributed by atoms with van der Waals surface area (Å²) >= 11 is 0. The molecule has 0 spiro atoms. The van der Waals surface area contributed by atoms with Crippen LogP contribution in [0.3, 0.4) is 0 Å². The topological polar surface area (TPSA) is 72.9 Å². The van der Waals surface area contributed by atoms with Crippen molar-refractivity contribution in [3.63, 3.8) is 0 Å². The Morgan fingerprint density at radius 2 is 2.14 bits per heavy atom. The molecule has 7 nitrogen and oxygen atoms in total. The van der Waals surface area contributed by atoms with E-state index in [0.29, 0.717) is 24.4 Å². The lowest BCUT2D eigenvalue weighted by Gasteiger charge is -2.34. The van der Waals surface area contributed by atoms with Gasteiger partial charge in [0, 0.05) is 11.5 Å². The molecule has 1 aliphatic rings. The fraction of sp³-hybridized carbons (Fsp3) is 0.733. The molecule has 0 N–H and O–H groups in total. The van der Waals surface area contributed by atoms with Crippen LogP contribution in [0, 0.1) is 0 Å². The number of rotatable bonds is 4. The molecule has 0 aromatic carbocycles. The largest absolute Gasteiger partial charge is 0.423 e. The number of nitrogens with zero attached hydrogens (tertiary/aromatic N) is 6. The van der Waals surface area contributed by atoms with Crippen LogP contribution in [0.4, 0.5) is 0 Å². The van der Waals surface area contributed by atoms with Crippen molar-refractivity contribution in [2.75, 3.05) is 6.54 Å². The first-order chi connectivity index (χ1) is 10.5. The van der Waals surface area contributed by atoms with E-state index in [1.165, 1.54) is 19.3 Å². The highest BCUT2D eigenvalue weighted by atomic mass is 16.4. The van der Waals surface area contributed by atoms with Gasteiger partial charge in [0.15, 0.2) is 0 Å². The Balaban J connectivity index is 1.67. The number of aromatic nitrogens is 5. The van der Waals surface area contributed by atoms with Gasteiger partial charge in [0.1, 0.15) is 12.7 Å². The molecule has 3 rings (SSSR count). The first-order valence-electron chi connectivity index (χ1n) is 7.92. The molecule has 1 aliphatic heterocycles. The highest BCUT2D eigenvalue weighted by Crippen LogP contribution is 2.23. The standard InChI is InChI=1S/C15H24N6O/c1-15(2,3)14-19-18-13(22-14)9-20-7-5-4-6-12(20)8-21-11-16-10-17-21/h10-12H,4-9H2,1-3H3/t12-/m0/s1. The molecule has 0 amide bonds. The zero-order chi connectivity index (χ0) is 15.6. The number of piperidine rings is 1. The van der Waals surface area contributed by atoms with Crippen molar-refractivity contribution in [1.29, 1.82) is 0 Å². The molecule has 120 valence electrons. The molecule has 22 heavy (non-hydrogen) atoms. The van der Waals surface area contributed by atoms with Crippen molar-refractivity contribution in [2.45, 2.75) is 64.6 Å². The molecular weight excluding hydrogens is 280 g/mol. The maximum Gasteiger partial charge on any atom is 0.230 e. The zero-order valence-corrected chi connectivity index (χ0v) is 13.6. The van der Waals surface area contributed by atoms with Gasteiger partial charge in [-0.3, -0.25) is 9.58 Å². The Hall–Kier alpha value is -1.76. The van der Waals surface area contributed by atoms with Crippen LogP contribution < -0.4 is 0 Å². The Bertz CT molecular complexity index is 585. The normalized spacial score (nSPS) is 20.4. The van der Waals surface area contributed by atoms with Gasteiger partial charge in [-0.2, -0.15) is 5.10 Å². The van der Waals surface area contributed by atoms with Crippen LogP contribution in [-0.2, 0) is 18.5 Å². The first kappa shape index (κ1) is 15.1. The smallest absolute Gasteiger partial charge is 0.230 e. The van der Waals surface area contributed by atoms with E-state index >= 15 is 0 Å². The van der Waals surface area contributed by atoms with Crippen molar-refractivity contribution in [2.24, 2.45) is 0 Å². The maximum atomic E-state index is 5.84. The van der Waals surface area contributed by atoms with Crippen molar-refractivity contribution < 1.29 is 4.42 Å². The summed E-state index contributed by atoms with van der Waals surface area (Å²) in [6, 6.07) is 0.445. The third-order valence-electron chi connectivity index (χ3n) is 4.06. The summed E-state index contributed by atoms with van der Waals surface area (Å²) in [7, 11) is 0. The van der Waals surface area contributed by atoms with E-state index in [1.807, 2.05) is 4.68 Å². The number of hydrogen-bond donors (Lipinski definition) is 0. The van der Waals surface area contributed by atoms with Crippen LogP contribution in [-0.4, -0.2) is 42.4 Å². The predicted octanol–water partition coefficient (Wildman–Crippen LogP) is 2.01. The summed E-state index contributed by atoms with van der Waals surface area (Å²) in [4.78, 5) is 6.44. The van der Waals surface area contributed by atoms with Gasteiger partial charge in [-0.25, -0.2) is 4.98 Å². The van der Waals surface area contributed by atoms with Gasteiger partial charge in [-0.05, 0) is 19.4 Å². The van der Waals surface area contributed by atoms with Gasteiger partial charge >= 0.3 is 0 Å². The van der Waals surface area contributed by atoms with Crippen LogP contribution in [0.1, 0.15) is 51.8 Å². The minimum atomic E-state index is -0.104. The van der Waals surface area contributed by atoms with E-state index in [0.717, 1.165) is 13.1 Å². The zero-order valence-electron chi connectivity index (χ0n) is 13.6. The quantitative estimate of drug-likeness (QED) is 0.860. The van der Waals surface area contributed by atoms with E-state index in [1.54, 1.807) is 12.7 Å². The van der Waals surface area contributed by atoms with Crippen molar-refractivity contribution >= 4 is 0 Å². The average molecular weight is 304 g/mol. The van der Waals surface area contributed by atoms with Crippen molar-refractivity contribution in [3.8, 4) is 0 Å². The highest BCUT2D eigenvalue weighted by molar-refractivity contribution is 4.96. The monoisotopic (exact) mass is 304 g/mol. The number of hydrogen-bond acceptors (Lipinski definition) is 6. The third kappa shape index (κ3) is 3.52. The Morgan fingerprint density at radius 3 is 2.82 bits per heavy atom. The van der Waals surface area contributed by atoms with Gasteiger partial charge in [0.05, 0.1) is 13.1 Å². The molecule has 2 aromatic heterocycles. The molecule has 0 saturated carbocycles. The fourth-order valence-electron chi connectivity index (χ4n) is 2.81. The van der Waals surface area contributed by atoms with Gasteiger partial charge in [0.2, 0.25) is 11.8 Å². The van der Waals surface area contributed by atoms with Crippen molar-refractivity contribution in [3.05, 3.63) is 24.4 Å². The van der Waals surface area contributed by atoms with Crippen LogP contribution in [0.15, 0.2) is 17.1 Å². The molecule has 1 saturated heterocycles. The Labute approximate surface area is 130 Å². The molecule has 2 aromatic rings. The molecule has 7 heteroatoms. The minimum Gasteiger partial charge on any atom is -0.423 e. The highest BCUT2D eigenvalue weighted by Gasteiger charge is 2.26.